The average molecular weight is 223 g/mol. The Labute approximate surface area is 98.6 Å². The molecular formula is C14H9NO2. The zero-order chi connectivity index (χ0) is 12.3. The van der Waals surface area contributed by atoms with Gasteiger partial charge in [-0.1, -0.05) is 36.4 Å². The molecule has 0 aliphatic carbocycles. The minimum Gasteiger partial charge on any atom is -0.478 e. The second kappa shape index (κ2) is 4.50. The molecule has 0 saturated carbocycles. The highest BCUT2D eigenvalue weighted by atomic mass is 16.4. The first kappa shape index (κ1) is 10.9. The van der Waals surface area contributed by atoms with Gasteiger partial charge in [0.05, 0.1) is 11.1 Å². The fourth-order valence-corrected chi connectivity index (χ4v) is 1.63. The van der Waals surface area contributed by atoms with Gasteiger partial charge < -0.3 is 5.11 Å². The van der Waals surface area contributed by atoms with E-state index in [9.17, 15) is 4.79 Å². The summed E-state index contributed by atoms with van der Waals surface area (Å²) in [4.78, 5) is 11.0. The van der Waals surface area contributed by atoms with Gasteiger partial charge in [-0.05, 0) is 23.3 Å². The van der Waals surface area contributed by atoms with Crippen LogP contribution in [0.15, 0.2) is 48.5 Å². The Hall–Kier alpha value is -2.60. The van der Waals surface area contributed by atoms with Gasteiger partial charge in [0, 0.05) is 0 Å². The molecule has 0 heterocycles. The summed E-state index contributed by atoms with van der Waals surface area (Å²) in [7, 11) is 0. The highest BCUT2D eigenvalue weighted by molar-refractivity contribution is 5.92. The molecule has 17 heavy (non-hydrogen) atoms. The minimum absolute atomic E-state index is 0.0360. The van der Waals surface area contributed by atoms with E-state index in [1.165, 1.54) is 12.1 Å². The van der Waals surface area contributed by atoms with E-state index in [2.05, 4.69) is 0 Å². The largest absolute Gasteiger partial charge is 0.478 e. The van der Waals surface area contributed by atoms with E-state index in [4.69, 9.17) is 10.4 Å². The van der Waals surface area contributed by atoms with Gasteiger partial charge in [-0.2, -0.15) is 5.26 Å². The number of carboxylic acids is 1. The van der Waals surface area contributed by atoms with Crippen molar-refractivity contribution in [3.05, 3.63) is 59.7 Å². The van der Waals surface area contributed by atoms with Gasteiger partial charge in [-0.15, -0.1) is 0 Å². The summed E-state index contributed by atoms with van der Waals surface area (Å²) >= 11 is 0. The molecule has 0 saturated heterocycles. The summed E-state index contributed by atoms with van der Waals surface area (Å²) in [6.07, 6.45) is 0. The third kappa shape index (κ3) is 2.16. The number of benzene rings is 2. The molecule has 2 aromatic rings. The predicted octanol–water partition coefficient (Wildman–Crippen LogP) is 2.92. The molecular weight excluding hydrogens is 214 g/mol. The third-order valence-corrected chi connectivity index (χ3v) is 2.48. The van der Waals surface area contributed by atoms with Gasteiger partial charge in [0.25, 0.3) is 0 Å². The molecule has 0 aromatic heterocycles. The van der Waals surface area contributed by atoms with E-state index in [1.807, 2.05) is 36.4 Å². The molecule has 3 nitrogen and oxygen atoms in total. The Morgan fingerprint density at radius 2 is 1.76 bits per heavy atom. The van der Waals surface area contributed by atoms with E-state index < -0.39 is 5.97 Å². The fourth-order valence-electron chi connectivity index (χ4n) is 1.63. The third-order valence-electron chi connectivity index (χ3n) is 2.48. The van der Waals surface area contributed by atoms with Crippen LogP contribution in [0.1, 0.15) is 15.9 Å². The first-order valence-corrected chi connectivity index (χ1v) is 5.05. The van der Waals surface area contributed by atoms with Gasteiger partial charge in [-0.25, -0.2) is 4.79 Å². The van der Waals surface area contributed by atoms with Gasteiger partial charge in [0.15, 0.2) is 0 Å². The highest BCUT2D eigenvalue weighted by Crippen LogP contribution is 2.22. The van der Waals surface area contributed by atoms with E-state index in [1.54, 1.807) is 6.07 Å². The fraction of sp³-hybridized carbons (Fsp3) is 0. The van der Waals surface area contributed by atoms with Crippen molar-refractivity contribution in [2.75, 3.05) is 0 Å². The number of hydrogen-bond donors (Lipinski definition) is 1. The van der Waals surface area contributed by atoms with Crippen LogP contribution in [0.2, 0.25) is 0 Å². The standard InChI is InChI=1S/C14H9NO2/c15-9-12-7-6-11(8-13(12)14(16)17)10-4-2-1-3-5-10/h1-8H,(H,16,17). The van der Waals surface area contributed by atoms with Crippen LogP contribution in [0, 0.1) is 11.3 Å². The zero-order valence-electron chi connectivity index (χ0n) is 8.92. The number of aromatic carboxylic acids is 1. The van der Waals surface area contributed by atoms with Crippen LogP contribution >= 0.6 is 0 Å². The molecule has 0 aliphatic heterocycles. The van der Waals surface area contributed by atoms with Crippen LogP contribution in [0.3, 0.4) is 0 Å². The Balaban J connectivity index is 2.56. The number of nitrogens with zero attached hydrogens (tertiary/aromatic N) is 1. The Bertz CT molecular complexity index is 597. The molecule has 2 aromatic carbocycles. The summed E-state index contributed by atoms with van der Waals surface area (Å²) < 4.78 is 0. The van der Waals surface area contributed by atoms with Crippen molar-refractivity contribution in [3.63, 3.8) is 0 Å². The zero-order valence-corrected chi connectivity index (χ0v) is 8.92. The van der Waals surface area contributed by atoms with E-state index in [0.29, 0.717) is 0 Å². The highest BCUT2D eigenvalue weighted by Gasteiger charge is 2.11. The quantitative estimate of drug-likeness (QED) is 0.851. The molecule has 0 unspecified atom stereocenters. The second-order valence-electron chi connectivity index (χ2n) is 3.54. The molecule has 0 amide bonds. The van der Waals surface area contributed by atoms with Crippen LogP contribution in [0.5, 0.6) is 0 Å². The lowest BCUT2D eigenvalue weighted by atomic mass is 10.00. The Morgan fingerprint density at radius 3 is 2.35 bits per heavy atom. The Morgan fingerprint density at radius 1 is 1.06 bits per heavy atom. The molecule has 0 bridgehead atoms. The van der Waals surface area contributed by atoms with Crippen molar-refractivity contribution in [1.29, 1.82) is 5.26 Å². The predicted molar refractivity (Wildman–Crippen MR) is 63.6 cm³/mol. The van der Waals surface area contributed by atoms with Crippen molar-refractivity contribution < 1.29 is 9.90 Å². The van der Waals surface area contributed by atoms with Crippen molar-refractivity contribution in [1.82, 2.24) is 0 Å². The lowest BCUT2D eigenvalue weighted by Crippen LogP contribution is -2.00. The van der Waals surface area contributed by atoms with Gasteiger partial charge >= 0.3 is 5.97 Å². The van der Waals surface area contributed by atoms with Gasteiger partial charge in [0.2, 0.25) is 0 Å². The summed E-state index contributed by atoms with van der Waals surface area (Å²) in [6, 6.07) is 16.1. The van der Waals surface area contributed by atoms with Crippen molar-refractivity contribution in [2.45, 2.75) is 0 Å². The maximum Gasteiger partial charge on any atom is 0.337 e. The summed E-state index contributed by atoms with van der Waals surface area (Å²) in [5.41, 5.74) is 1.94. The van der Waals surface area contributed by atoms with Crippen LogP contribution in [-0.4, -0.2) is 11.1 Å². The SMILES string of the molecule is N#Cc1ccc(-c2ccccc2)cc1C(=O)O. The molecule has 1 N–H and O–H groups in total. The lowest BCUT2D eigenvalue weighted by molar-refractivity contribution is 0.0696. The normalized spacial score (nSPS) is 9.59. The molecule has 0 atom stereocenters. The van der Waals surface area contributed by atoms with Crippen molar-refractivity contribution in [3.8, 4) is 17.2 Å². The van der Waals surface area contributed by atoms with Crippen molar-refractivity contribution in [2.24, 2.45) is 0 Å². The summed E-state index contributed by atoms with van der Waals surface area (Å²) in [5.74, 6) is -1.08. The van der Waals surface area contributed by atoms with Crippen LogP contribution in [0.25, 0.3) is 11.1 Å². The number of rotatable bonds is 2. The monoisotopic (exact) mass is 223 g/mol. The number of carbonyl (C=O) groups is 1. The van der Waals surface area contributed by atoms with E-state index in [0.717, 1.165) is 11.1 Å². The second-order valence-corrected chi connectivity index (χ2v) is 3.54. The number of carboxylic acid groups (broad SMARTS) is 1. The minimum atomic E-state index is -1.08. The number of nitriles is 1. The van der Waals surface area contributed by atoms with E-state index in [-0.39, 0.29) is 11.1 Å². The van der Waals surface area contributed by atoms with Crippen LogP contribution in [-0.2, 0) is 0 Å². The van der Waals surface area contributed by atoms with Crippen molar-refractivity contribution >= 4 is 5.97 Å². The molecule has 82 valence electrons. The van der Waals surface area contributed by atoms with Crippen LogP contribution in [0.4, 0.5) is 0 Å². The maximum atomic E-state index is 11.0. The topological polar surface area (TPSA) is 61.1 Å². The smallest absolute Gasteiger partial charge is 0.337 e. The van der Waals surface area contributed by atoms with Gasteiger partial charge in [0.1, 0.15) is 6.07 Å². The molecule has 0 fully saturated rings. The molecule has 0 aliphatic rings. The maximum absolute atomic E-state index is 11.0. The number of hydrogen-bond acceptors (Lipinski definition) is 2. The first-order chi connectivity index (χ1) is 8.22. The molecule has 0 radical (unpaired) electrons. The van der Waals surface area contributed by atoms with Crippen LogP contribution < -0.4 is 0 Å². The Kier molecular flexibility index (Phi) is 2.89. The summed E-state index contributed by atoms with van der Waals surface area (Å²) in [6.45, 7) is 0. The van der Waals surface area contributed by atoms with Gasteiger partial charge in [-0.3, -0.25) is 0 Å². The molecule has 3 heteroatoms. The average Bonchev–Trinajstić information content (AvgIpc) is 2.39. The first-order valence-electron chi connectivity index (χ1n) is 5.05. The molecule has 0 spiro atoms. The molecule has 2 rings (SSSR count). The lowest BCUT2D eigenvalue weighted by Gasteiger charge is -2.04. The van der Waals surface area contributed by atoms with E-state index >= 15 is 0 Å². The summed E-state index contributed by atoms with van der Waals surface area (Å²) in [5, 5.41) is 17.8.